The van der Waals surface area contributed by atoms with E-state index >= 15 is 0 Å². The van der Waals surface area contributed by atoms with Crippen molar-refractivity contribution in [2.45, 2.75) is 20.1 Å². The van der Waals surface area contributed by atoms with Crippen LogP contribution in [0.15, 0.2) is 24.5 Å². The molecule has 17 heavy (non-hydrogen) atoms. The summed E-state index contributed by atoms with van der Waals surface area (Å²) in [5.74, 6) is 0.986. The van der Waals surface area contributed by atoms with Gasteiger partial charge in [-0.25, -0.2) is 4.98 Å². The molecule has 0 saturated heterocycles. The average molecular weight is 254 g/mol. The van der Waals surface area contributed by atoms with Crippen LogP contribution in [0.2, 0.25) is 5.02 Å². The minimum absolute atomic E-state index is 0.218. The Labute approximate surface area is 104 Å². The molecule has 0 aliphatic carbocycles. The molecule has 0 aliphatic heterocycles. The van der Waals surface area contributed by atoms with Gasteiger partial charge in [-0.05, 0) is 13.0 Å². The van der Waals surface area contributed by atoms with Gasteiger partial charge in [0.05, 0.1) is 29.7 Å². The quantitative estimate of drug-likeness (QED) is 0.908. The Morgan fingerprint density at radius 2 is 2.29 bits per heavy atom. The van der Waals surface area contributed by atoms with Crippen molar-refractivity contribution in [1.82, 2.24) is 14.8 Å². The zero-order chi connectivity index (χ0) is 12.3. The van der Waals surface area contributed by atoms with E-state index in [1.165, 1.54) is 0 Å². The number of aryl methyl sites for hydroxylation is 1. The summed E-state index contributed by atoms with van der Waals surface area (Å²) < 4.78 is 7.24. The van der Waals surface area contributed by atoms with Crippen LogP contribution in [-0.2, 0) is 13.2 Å². The summed E-state index contributed by atoms with van der Waals surface area (Å²) in [7, 11) is 0. The molecule has 0 unspecified atom stereocenters. The second kappa shape index (κ2) is 5.16. The molecule has 0 bridgehead atoms. The van der Waals surface area contributed by atoms with Crippen LogP contribution in [0.1, 0.15) is 12.6 Å². The highest BCUT2D eigenvalue weighted by Gasteiger charge is 2.06. The van der Waals surface area contributed by atoms with Gasteiger partial charge in [0, 0.05) is 12.6 Å². The van der Waals surface area contributed by atoms with E-state index < -0.39 is 0 Å². The number of aliphatic hydroxyl groups is 1. The second-order valence-corrected chi connectivity index (χ2v) is 3.78. The summed E-state index contributed by atoms with van der Waals surface area (Å²) in [6.45, 7) is 2.55. The number of hydrogen-bond acceptors (Lipinski definition) is 4. The zero-order valence-corrected chi connectivity index (χ0v) is 10.1. The summed E-state index contributed by atoms with van der Waals surface area (Å²) in [5, 5.41) is 13.5. The highest BCUT2D eigenvalue weighted by molar-refractivity contribution is 6.31. The summed E-state index contributed by atoms with van der Waals surface area (Å²) in [6, 6.07) is 3.28. The molecule has 6 heteroatoms. The molecule has 0 atom stereocenters. The molecular weight excluding hydrogens is 242 g/mol. The van der Waals surface area contributed by atoms with Gasteiger partial charge in [-0.3, -0.25) is 4.68 Å². The topological polar surface area (TPSA) is 60.2 Å². The minimum atomic E-state index is -0.218. The van der Waals surface area contributed by atoms with Crippen LogP contribution in [0.5, 0.6) is 11.6 Å². The maximum atomic E-state index is 9.03. The maximum Gasteiger partial charge on any atom is 0.219 e. The van der Waals surface area contributed by atoms with Crippen molar-refractivity contribution in [2.24, 2.45) is 0 Å². The molecule has 0 aliphatic rings. The zero-order valence-electron chi connectivity index (χ0n) is 9.30. The molecule has 2 rings (SSSR count). The van der Waals surface area contributed by atoms with Crippen LogP contribution in [0, 0.1) is 0 Å². The van der Waals surface area contributed by atoms with E-state index in [0.717, 1.165) is 6.54 Å². The molecule has 0 fully saturated rings. The van der Waals surface area contributed by atoms with Crippen molar-refractivity contribution >= 4 is 11.6 Å². The molecule has 90 valence electrons. The van der Waals surface area contributed by atoms with Crippen LogP contribution in [0.25, 0.3) is 0 Å². The predicted octanol–water partition coefficient (Wildman–Crippen LogP) is 2.24. The normalized spacial score (nSPS) is 10.5. The van der Waals surface area contributed by atoms with E-state index in [2.05, 4.69) is 10.1 Å². The van der Waals surface area contributed by atoms with Gasteiger partial charge >= 0.3 is 0 Å². The summed E-state index contributed by atoms with van der Waals surface area (Å²) in [6.07, 6.45) is 3.38. The van der Waals surface area contributed by atoms with Gasteiger partial charge < -0.3 is 9.84 Å². The van der Waals surface area contributed by atoms with Crippen molar-refractivity contribution in [3.8, 4) is 11.6 Å². The molecule has 0 saturated carbocycles. The monoisotopic (exact) mass is 253 g/mol. The molecule has 0 amide bonds. The molecule has 2 aromatic heterocycles. The Hall–Kier alpha value is -1.59. The van der Waals surface area contributed by atoms with Crippen molar-refractivity contribution in [3.05, 3.63) is 35.2 Å². The lowest BCUT2D eigenvalue weighted by Crippen LogP contribution is -1.94. The van der Waals surface area contributed by atoms with E-state index in [1.54, 1.807) is 29.2 Å². The first-order valence-corrected chi connectivity index (χ1v) is 5.57. The third kappa shape index (κ3) is 2.75. The third-order valence-corrected chi connectivity index (χ3v) is 2.54. The molecule has 0 aromatic carbocycles. The van der Waals surface area contributed by atoms with Gasteiger partial charge in [-0.1, -0.05) is 11.6 Å². The fourth-order valence-electron chi connectivity index (χ4n) is 1.32. The third-order valence-electron chi connectivity index (χ3n) is 2.20. The number of ether oxygens (including phenoxy) is 1. The van der Waals surface area contributed by atoms with Gasteiger partial charge in [0.2, 0.25) is 5.88 Å². The van der Waals surface area contributed by atoms with E-state index in [9.17, 15) is 0 Å². The highest BCUT2D eigenvalue weighted by atomic mass is 35.5. The molecule has 5 nitrogen and oxygen atoms in total. The van der Waals surface area contributed by atoms with E-state index in [-0.39, 0.29) is 6.61 Å². The van der Waals surface area contributed by atoms with Crippen molar-refractivity contribution in [2.75, 3.05) is 0 Å². The maximum absolute atomic E-state index is 9.03. The lowest BCUT2D eigenvalue weighted by molar-refractivity contribution is 0.275. The molecule has 2 heterocycles. The van der Waals surface area contributed by atoms with Crippen LogP contribution in [0.4, 0.5) is 0 Å². The number of aliphatic hydroxyl groups excluding tert-OH is 1. The lowest BCUT2D eigenvalue weighted by atomic mass is 10.3. The van der Waals surface area contributed by atoms with Gasteiger partial charge in [-0.15, -0.1) is 0 Å². The number of nitrogens with zero attached hydrogens (tertiary/aromatic N) is 3. The van der Waals surface area contributed by atoms with Crippen LogP contribution >= 0.6 is 11.6 Å². The molecule has 1 N–H and O–H groups in total. The van der Waals surface area contributed by atoms with Gasteiger partial charge in [0.25, 0.3) is 0 Å². The molecule has 0 radical (unpaired) electrons. The Balaban J connectivity index is 2.18. The Kier molecular flexibility index (Phi) is 3.61. The minimum Gasteiger partial charge on any atom is -0.436 e. The SMILES string of the molecule is CCn1cc(Oc2ccc(Cl)c(CO)n2)cn1. The summed E-state index contributed by atoms with van der Waals surface area (Å²) >= 11 is 5.83. The smallest absolute Gasteiger partial charge is 0.219 e. The summed E-state index contributed by atoms with van der Waals surface area (Å²) in [5.41, 5.74) is 0.395. The number of aromatic nitrogens is 3. The molecule has 2 aromatic rings. The lowest BCUT2D eigenvalue weighted by Gasteiger charge is -2.04. The van der Waals surface area contributed by atoms with Gasteiger partial charge in [-0.2, -0.15) is 5.10 Å². The summed E-state index contributed by atoms with van der Waals surface area (Å²) in [4.78, 5) is 4.08. The first kappa shape index (κ1) is 11.9. The van der Waals surface area contributed by atoms with E-state index in [0.29, 0.717) is 22.3 Å². The number of rotatable bonds is 4. The Morgan fingerprint density at radius 3 is 2.94 bits per heavy atom. The fraction of sp³-hybridized carbons (Fsp3) is 0.273. The first-order valence-electron chi connectivity index (χ1n) is 5.19. The fourth-order valence-corrected chi connectivity index (χ4v) is 1.49. The predicted molar refractivity (Wildman–Crippen MR) is 63.1 cm³/mol. The van der Waals surface area contributed by atoms with Crippen LogP contribution in [0.3, 0.4) is 0 Å². The molecule has 0 spiro atoms. The van der Waals surface area contributed by atoms with E-state index in [1.807, 2.05) is 6.92 Å². The average Bonchev–Trinajstić information content (AvgIpc) is 2.79. The number of hydrogen-bond donors (Lipinski definition) is 1. The second-order valence-electron chi connectivity index (χ2n) is 3.37. The van der Waals surface area contributed by atoms with Crippen molar-refractivity contribution in [3.63, 3.8) is 0 Å². The number of pyridine rings is 1. The van der Waals surface area contributed by atoms with Crippen molar-refractivity contribution < 1.29 is 9.84 Å². The van der Waals surface area contributed by atoms with E-state index in [4.69, 9.17) is 21.4 Å². The van der Waals surface area contributed by atoms with Crippen molar-refractivity contribution in [1.29, 1.82) is 0 Å². The highest BCUT2D eigenvalue weighted by Crippen LogP contribution is 2.22. The van der Waals surface area contributed by atoms with Crippen LogP contribution in [-0.4, -0.2) is 19.9 Å². The largest absolute Gasteiger partial charge is 0.436 e. The Bertz CT molecular complexity index is 513. The van der Waals surface area contributed by atoms with Gasteiger partial charge in [0.15, 0.2) is 5.75 Å². The first-order chi connectivity index (χ1) is 8.22. The molecular formula is C11H12ClN3O2. The standard InChI is InChI=1S/C11H12ClN3O2/c1-2-15-6-8(5-13-15)17-11-4-3-9(12)10(7-16)14-11/h3-6,16H,2,7H2,1H3. The Morgan fingerprint density at radius 1 is 1.47 bits per heavy atom. The van der Waals surface area contributed by atoms with Crippen LogP contribution < -0.4 is 4.74 Å². The van der Waals surface area contributed by atoms with Gasteiger partial charge in [0.1, 0.15) is 0 Å². The number of halogens is 1.